The molecule has 0 bridgehead atoms. The molecule has 2 aliphatic heterocycles. The fourth-order valence-corrected chi connectivity index (χ4v) is 4.36. The minimum absolute atomic E-state index is 0.110. The zero-order valence-corrected chi connectivity index (χ0v) is 15.6. The van der Waals surface area contributed by atoms with Crippen LogP contribution >= 0.6 is 11.3 Å². The highest BCUT2D eigenvalue weighted by Gasteiger charge is 2.26. The van der Waals surface area contributed by atoms with E-state index in [1.807, 2.05) is 33.4 Å². The second kappa shape index (κ2) is 7.60. The molecule has 26 heavy (non-hydrogen) atoms. The topological polar surface area (TPSA) is 43.9 Å². The van der Waals surface area contributed by atoms with E-state index < -0.39 is 0 Å². The van der Waals surface area contributed by atoms with Gasteiger partial charge in [0, 0.05) is 39.3 Å². The van der Waals surface area contributed by atoms with Crippen LogP contribution in [0, 0.1) is 0 Å². The Morgan fingerprint density at radius 2 is 1.65 bits per heavy atom. The Morgan fingerprint density at radius 3 is 2.38 bits per heavy atom. The number of benzene rings is 1. The molecule has 1 fully saturated rings. The lowest BCUT2D eigenvalue weighted by Gasteiger charge is -2.36. The number of fused-ring (bicyclic) bond motifs is 1. The van der Waals surface area contributed by atoms with Crippen molar-refractivity contribution in [1.82, 2.24) is 14.7 Å². The normalized spacial score (nSPS) is 17.8. The van der Waals surface area contributed by atoms with Crippen LogP contribution in [0.5, 0.6) is 0 Å². The van der Waals surface area contributed by atoms with Crippen LogP contribution in [0.2, 0.25) is 0 Å². The molecule has 2 aliphatic rings. The van der Waals surface area contributed by atoms with Gasteiger partial charge in [0.1, 0.15) is 0 Å². The van der Waals surface area contributed by atoms with Gasteiger partial charge in [-0.05, 0) is 29.0 Å². The molecule has 4 rings (SSSR count). The van der Waals surface area contributed by atoms with Crippen molar-refractivity contribution in [1.29, 1.82) is 0 Å². The van der Waals surface area contributed by atoms with E-state index in [-0.39, 0.29) is 11.8 Å². The van der Waals surface area contributed by atoms with Gasteiger partial charge in [0.25, 0.3) is 5.91 Å². The molecular formula is C20H23N3O2S. The highest BCUT2D eigenvalue weighted by molar-refractivity contribution is 7.12. The molecule has 0 aliphatic carbocycles. The molecule has 5 nitrogen and oxygen atoms in total. The van der Waals surface area contributed by atoms with Gasteiger partial charge >= 0.3 is 0 Å². The minimum atomic E-state index is 0.110. The lowest BCUT2D eigenvalue weighted by molar-refractivity contribution is -0.133. The number of amides is 2. The zero-order valence-electron chi connectivity index (χ0n) is 14.8. The van der Waals surface area contributed by atoms with Gasteiger partial charge in [-0.15, -0.1) is 11.3 Å². The summed E-state index contributed by atoms with van der Waals surface area (Å²) >= 11 is 1.48. The number of hydrogen-bond donors (Lipinski definition) is 0. The number of carbonyl (C=O) groups excluding carboxylic acids is 2. The molecule has 2 amide bonds. The van der Waals surface area contributed by atoms with Gasteiger partial charge in [0.05, 0.1) is 11.4 Å². The SMILES string of the molecule is O=C(CN1CCN(C(=O)c2cccs2)CC1)N1CCc2ccccc2C1. The van der Waals surface area contributed by atoms with E-state index in [9.17, 15) is 9.59 Å². The van der Waals surface area contributed by atoms with Crippen LogP contribution in [-0.2, 0) is 17.8 Å². The number of nitrogens with zero attached hydrogens (tertiary/aromatic N) is 3. The average molecular weight is 369 g/mol. The van der Waals surface area contributed by atoms with E-state index in [0.717, 1.165) is 30.9 Å². The third-order valence-electron chi connectivity index (χ3n) is 5.23. The molecule has 6 heteroatoms. The zero-order chi connectivity index (χ0) is 17.9. The summed E-state index contributed by atoms with van der Waals surface area (Å²) in [5, 5.41) is 1.93. The van der Waals surface area contributed by atoms with E-state index in [4.69, 9.17) is 0 Å². The summed E-state index contributed by atoms with van der Waals surface area (Å²) in [4.78, 5) is 31.9. The van der Waals surface area contributed by atoms with Crippen LogP contribution in [0.15, 0.2) is 41.8 Å². The quantitative estimate of drug-likeness (QED) is 0.832. The Kier molecular flexibility index (Phi) is 5.04. The maximum atomic E-state index is 12.7. The lowest BCUT2D eigenvalue weighted by Crippen LogP contribution is -2.51. The first-order valence-corrected chi connectivity index (χ1v) is 9.98. The van der Waals surface area contributed by atoms with E-state index in [1.54, 1.807) is 0 Å². The summed E-state index contributed by atoms with van der Waals surface area (Å²) in [5.74, 6) is 0.302. The third-order valence-corrected chi connectivity index (χ3v) is 6.09. The van der Waals surface area contributed by atoms with Gasteiger partial charge in [-0.3, -0.25) is 14.5 Å². The van der Waals surface area contributed by atoms with Crippen molar-refractivity contribution in [2.24, 2.45) is 0 Å². The second-order valence-electron chi connectivity index (χ2n) is 6.88. The summed E-state index contributed by atoms with van der Waals surface area (Å²) in [6, 6.07) is 12.1. The number of carbonyl (C=O) groups is 2. The number of piperazine rings is 1. The monoisotopic (exact) mass is 369 g/mol. The van der Waals surface area contributed by atoms with Gasteiger partial charge in [0.15, 0.2) is 0 Å². The smallest absolute Gasteiger partial charge is 0.264 e. The highest BCUT2D eigenvalue weighted by Crippen LogP contribution is 2.19. The standard InChI is InChI=1S/C20H23N3O2S/c24-19(23-8-7-16-4-1-2-5-17(16)14-23)15-21-9-11-22(12-10-21)20(25)18-6-3-13-26-18/h1-6,13H,7-12,14-15H2. The van der Waals surface area contributed by atoms with Crippen molar-refractivity contribution in [2.75, 3.05) is 39.3 Å². The van der Waals surface area contributed by atoms with Gasteiger partial charge < -0.3 is 9.80 Å². The van der Waals surface area contributed by atoms with Crippen LogP contribution in [0.1, 0.15) is 20.8 Å². The van der Waals surface area contributed by atoms with Crippen molar-refractivity contribution in [3.8, 4) is 0 Å². The molecule has 1 aromatic heterocycles. The van der Waals surface area contributed by atoms with Gasteiger partial charge in [-0.1, -0.05) is 30.3 Å². The fraction of sp³-hybridized carbons (Fsp3) is 0.400. The number of thiophene rings is 1. The predicted molar refractivity (Wildman–Crippen MR) is 102 cm³/mol. The van der Waals surface area contributed by atoms with Crippen molar-refractivity contribution in [2.45, 2.75) is 13.0 Å². The van der Waals surface area contributed by atoms with Crippen LogP contribution in [-0.4, -0.2) is 65.8 Å². The summed E-state index contributed by atoms with van der Waals surface area (Å²) in [6.45, 7) is 4.85. The Morgan fingerprint density at radius 1 is 0.885 bits per heavy atom. The van der Waals surface area contributed by atoms with Crippen LogP contribution in [0.3, 0.4) is 0 Å². The maximum Gasteiger partial charge on any atom is 0.264 e. The Bertz CT molecular complexity index is 782. The molecule has 136 valence electrons. The summed E-state index contributed by atoms with van der Waals surface area (Å²) in [7, 11) is 0. The molecule has 0 saturated carbocycles. The number of hydrogen-bond acceptors (Lipinski definition) is 4. The predicted octanol–water partition coefficient (Wildman–Crippen LogP) is 2.09. The molecule has 0 spiro atoms. The van der Waals surface area contributed by atoms with Crippen molar-refractivity contribution < 1.29 is 9.59 Å². The first-order chi connectivity index (χ1) is 12.7. The second-order valence-corrected chi connectivity index (χ2v) is 7.83. The van der Waals surface area contributed by atoms with Crippen molar-refractivity contribution in [3.63, 3.8) is 0 Å². The van der Waals surface area contributed by atoms with Gasteiger partial charge in [-0.2, -0.15) is 0 Å². The molecule has 2 aromatic rings. The van der Waals surface area contributed by atoms with E-state index in [1.165, 1.54) is 22.5 Å². The third kappa shape index (κ3) is 3.66. The lowest BCUT2D eigenvalue weighted by atomic mass is 10.00. The van der Waals surface area contributed by atoms with Gasteiger partial charge in [-0.25, -0.2) is 0 Å². The van der Waals surface area contributed by atoms with Crippen molar-refractivity contribution >= 4 is 23.2 Å². The first kappa shape index (κ1) is 17.2. The maximum absolute atomic E-state index is 12.7. The van der Waals surface area contributed by atoms with Crippen LogP contribution in [0.4, 0.5) is 0 Å². The van der Waals surface area contributed by atoms with E-state index >= 15 is 0 Å². The number of rotatable bonds is 3. The summed E-state index contributed by atoms with van der Waals surface area (Å²) in [6.07, 6.45) is 0.936. The van der Waals surface area contributed by atoms with Crippen LogP contribution < -0.4 is 0 Å². The molecule has 1 saturated heterocycles. The Hall–Kier alpha value is -2.18. The first-order valence-electron chi connectivity index (χ1n) is 9.10. The molecule has 0 unspecified atom stereocenters. The molecule has 1 aromatic carbocycles. The minimum Gasteiger partial charge on any atom is -0.337 e. The largest absolute Gasteiger partial charge is 0.337 e. The van der Waals surface area contributed by atoms with E-state index in [2.05, 4.69) is 23.1 Å². The molecular weight excluding hydrogens is 346 g/mol. The van der Waals surface area contributed by atoms with Crippen molar-refractivity contribution in [3.05, 3.63) is 57.8 Å². The molecule has 0 radical (unpaired) electrons. The summed E-state index contributed by atoms with van der Waals surface area (Å²) < 4.78 is 0. The van der Waals surface area contributed by atoms with E-state index in [0.29, 0.717) is 26.2 Å². The molecule has 0 N–H and O–H groups in total. The van der Waals surface area contributed by atoms with Gasteiger partial charge in [0.2, 0.25) is 5.91 Å². The fourth-order valence-electron chi connectivity index (χ4n) is 3.67. The molecule has 3 heterocycles. The highest BCUT2D eigenvalue weighted by atomic mass is 32.1. The Balaban J connectivity index is 1.28. The Labute approximate surface area is 157 Å². The summed E-state index contributed by atoms with van der Waals surface area (Å²) in [5.41, 5.74) is 2.62. The van der Waals surface area contributed by atoms with Crippen LogP contribution in [0.25, 0.3) is 0 Å². The molecule has 0 atom stereocenters. The average Bonchev–Trinajstić information content (AvgIpc) is 3.22.